The number of aliphatic hydroxyl groups is 1. The molecule has 5 nitrogen and oxygen atoms in total. The number of carbonyl (C=O) groups is 1. The molecule has 1 N–H and O–H groups in total. The largest absolute Gasteiger partial charge is 0.418 e. The molecule has 1 saturated heterocycles. The van der Waals surface area contributed by atoms with Crippen molar-refractivity contribution in [1.82, 2.24) is 9.80 Å². The first-order valence-corrected chi connectivity index (χ1v) is 8.07. The number of amides is 1. The van der Waals surface area contributed by atoms with Gasteiger partial charge in [-0.3, -0.25) is 9.69 Å². The minimum Gasteiger partial charge on any atom is -0.379 e. The predicted octanol–water partition coefficient (Wildman–Crippen LogP) is 2.04. The number of likely N-dealkylation sites (tertiary alicyclic amines) is 1. The fourth-order valence-electron chi connectivity index (χ4n) is 2.86. The molecule has 1 amide bonds. The molecule has 26 heavy (non-hydrogen) atoms. The summed E-state index contributed by atoms with van der Waals surface area (Å²) in [6, 6.07) is 5.71. The van der Waals surface area contributed by atoms with Gasteiger partial charge in [0.2, 0.25) is 5.91 Å². The van der Waals surface area contributed by atoms with E-state index in [0.29, 0.717) is 0 Å². The molecule has 1 aliphatic rings. The van der Waals surface area contributed by atoms with Crippen LogP contribution in [0.4, 0.5) is 17.6 Å². The lowest BCUT2D eigenvalue weighted by Gasteiger charge is -2.27. The second-order valence-electron chi connectivity index (χ2n) is 6.32. The highest BCUT2D eigenvalue weighted by molar-refractivity contribution is 5.78. The third kappa shape index (κ3) is 4.31. The summed E-state index contributed by atoms with van der Waals surface area (Å²) in [6.07, 6.45) is -5.24. The van der Waals surface area contributed by atoms with Crippen molar-refractivity contribution < 1.29 is 27.5 Å². The summed E-state index contributed by atoms with van der Waals surface area (Å²) in [5.74, 6) is -1.08. The van der Waals surface area contributed by atoms with E-state index in [2.05, 4.69) is 0 Å². The molecule has 1 aliphatic heterocycles. The maximum atomic E-state index is 14.0. The van der Waals surface area contributed by atoms with Gasteiger partial charge >= 0.3 is 6.18 Å². The fourth-order valence-corrected chi connectivity index (χ4v) is 2.86. The van der Waals surface area contributed by atoms with Crippen LogP contribution in [0.3, 0.4) is 0 Å². The van der Waals surface area contributed by atoms with Crippen LogP contribution in [0.5, 0.6) is 0 Å². The van der Waals surface area contributed by atoms with Crippen LogP contribution in [0.2, 0.25) is 0 Å². The van der Waals surface area contributed by atoms with E-state index in [1.54, 1.807) is 6.92 Å². The van der Waals surface area contributed by atoms with Crippen molar-refractivity contribution in [3.8, 4) is 6.07 Å². The summed E-state index contributed by atoms with van der Waals surface area (Å²) >= 11 is 0. The molecule has 0 bridgehead atoms. The Morgan fingerprint density at radius 3 is 2.65 bits per heavy atom. The average Bonchev–Trinajstić information content (AvgIpc) is 2.95. The number of nitriles is 1. The fraction of sp³-hybridized carbons (Fsp3) is 0.529. The Balaban J connectivity index is 2.01. The number of alkyl halides is 3. The summed E-state index contributed by atoms with van der Waals surface area (Å²) in [4.78, 5) is 14.9. The molecule has 0 radical (unpaired) electrons. The molecule has 0 aromatic heterocycles. The van der Waals surface area contributed by atoms with Crippen molar-refractivity contribution in [3.05, 3.63) is 35.1 Å². The molecule has 1 heterocycles. The second kappa shape index (κ2) is 7.60. The lowest BCUT2D eigenvalue weighted by atomic mass is 10.0. The Hall–Kier alpha value is -2.18. The van der Waals surface area contributed by atoms with Gasteiger partial charge in [0.1, 0.15) is 5.82 Å². The van der Waals surface area contributed by atoms with Crippen LogP contribution >= 0.6 is 0 Å². The van der Waals surface area contributed by atoms with Crippen molar-refractivity contribution in [2.45, 2.75) is 31.7 Å². The van der Waals surface area contributed by atoms with Crippen molar-refractivity contribution in [1.29, 1.82) is 5.26 Å². The monoisotopic (exact) mass is 373 g/mol. The number of rotatable bonds is 5. The predicted molar refractivity (Wildman–Crippen MR) is 84.3 cm³/mol. The molecular formula is C17H19F4N3O2. The molecule has 1 aromatic carbocycles. The zero-order valence-electron chi connectivity index (χ0n) is 14.2. The van der Waals surface area contributed by atoms with E-state index in [9.17, 15) is 27.5 Å². The van der Waals surface area contributed by atoms with Crippen molar-refractivity contribution >= 4 is 5.91 Å². The zero-order valence-corrected chi connectivity index (χ0v) is 14.2. The topological polar surface area (TPSA) is 67.6 Å². The number of likely N-dealkylation sites (N-methyl/N-ethyl adjacent to an activating group) is 1. The molecule has 1 atom stereocenters. The van der Waals surface area contributed by atoms with Gasteiger partial charge in [0.25, 0.3) is 0 Å². The SMILES string of the molecule is CCN(Cc1ccc(C#N)cc1F)C(=O)CN1CC[C@@](O)(C(F)(F)F)C1. The second-order valence-corrected chi connectivity index (χ2v) is 6.32. The normalized spacial score (nSPS) is 20.8. The maximum Gasteiger partial charge on any atom is 0.418 e. The number of hydrogen-bond donors (Lipinski definition) is 1. The minimum atomic E-state index is -4.75. The van der Waals surface area contributed by atoms with Crippen LogP contribution in [-0.2, 0) is 11.3 Å². The highest BCUT2D eigenvalue weighted by Crippen LogP contribution is 2.37. The van der Waals surface area contributed by atoms with Gasteiger partial charge in [-0.1, -0.05) is 6.07 Å². The van der Waals surface area contributed by atoms with E-state index in [0.717, 1.165) is 6.07 Å². The van der Waals surface area contributed by atoms with Crippen LogP contribution in [0, 0.1) is 17.1 Å². The summed E-state index contributed by atoms with van der Waals surface area (Å²) in [5.41, 5.74) is -2.43. The van der Waals surface area contributed by atoms with Crippen molar-refractivity contribution in [2.75, 3.05) is 26.2 Å². The van der Waals surface area contributed by atoms with Crippen molar-refractivity contribution in [2.24, 2.45) is 0 Å². The lowest BCUT2D eigenvalue weighted by Crippen LogP contribution is -2.48. The quantitative estimate of drug-likeness (QED) is 0.803. The summed E-state index contributed by atoms with van der Waals surface area (Å²) in [6.45, 7) is 0.870. The Bertz CT molecular complexity index is 717. The minimum absolute atomic E-state index is 0.0511. The Morgan fingerprint density at radius 1 is 1.46 bits per heavy atom. The van der Waals surface area contributed by atoms with Crippen LogP contribution < -0.4 is 0 Å². The zero-order chi connectivity index (χ0) is 19.5. The highest BCUT2D eigenvalue weighted by atomic mass is 19.4. The number of hydrogen-bond acceptors (Lipinski definition) is 4. The van der Waals surface area contributed by atoms with E-state index >= 15 is 0 Å². The molecule has 1 aromatic rings. The van der Waals surface area contributed by atoms with Crippen LogP contribution in [0.25, 0.3) is 0 Å². The summed E-state index contributed by atoms with van der Waals surface area (Å²) in [7, 11) is 0. The maximum absolute atomic E-state index is 14.0. The van der Waals surface area contributed by atoms with E-state index in [1.165, 1.54) is 21.9 Å². The smallest absolute Gasteiger partial charge is 0.379 e. The molecule has 1 fully saturated rings. The molecule has 0 aliphatic carbocycles. The average molecular weight is 373 g/mol. The first-order chi connectivity index (χ1) is 12.1. The molecule has 9 heteroatoms. The van der Waals surface area contributed by atoms with Gasteiger partial charge in [0.05, 0.1) is 18.2 Å². The molecule has 142 valence electrons. The number of halogens is 4. The number of β-amino-alcohol motifs (C(OH)–C–C–N with tert-alkyl or cyclic N) is 1. The summed E-state index contributed by atoms with van der Waals surface area (Å²) < 4.78 is 52.5. The van der Waals surface area contributed by atoms with Crippen LogP contribution in [0.15, 0.2) is 18.2 Å². The van der Waals surface area contributed by atoms with Gasteiger partial charge in [0.15, 0.2) is 5.60 Å². The molecule has 0 saturated carbocycles. The Labute approximate surface area is 148 Å². The van der Waals surface area contributed by atoms with Gasteiger partial charge in [-0.25, -0.2) is 4.39 Å². The molecule has 2 rings (SSSR count). The molecule has 0 spiro atoms. The van der Waals surface area contributed by atoms with E-state index < -0.39 is 36.5 Å². The number of nitrogens with zero attached hydrogens (tertiary/aromatic N) is 3. The van der Waals surface area contributed by atoms with E-state index in [4.69, 9.17) is 5.26 Å². The highest BCUT2D eigenvalue weighted by Gasteiger charge is 2.57. The third-order valence-corrected chi connectivity index (χ3v) is 4.49. The lowest BCUT2D eigenvalue weighted by molar-refractivity contribution is -0.253. The number of carbonyl (C=O) groups excluding carboxylic acids is 1. The van der Waals surface area contributed by atoms with E-state index in [-0.39, 0.29) is 37.3 Å². The van der Waals surface area contributed by atoms with Crippen LogP contribution in [0.1, 0.15) is 24.5 Å². The van der Waals surface area contributed by atoms with Gasteiger partial charge in [-0.15, -0.1) is 0 Å². The Morgan fingerprint density at radius 2 is 2.15 bits per heavy atom. The van der Waals surface area contributed by atoms with E-state index in [1.807, 2.05) is 6.07 Å². The first kappa shape index (κ1) is 20.1. The molecular weight excluding hydrogens is 354 g/mol. The first-order valence-electron chi connectivity index (χ1n) is 8.07. The van der Waals surface area contributed by atoms with Gasteiger partial charge in [0, 0.05) is 31.7 Å². The van der Waals surface area contributed by atoms with Crippen LogP contribution in [-0.4, -0.2) is 58.8 Å². The van der Waals surface area contributed by atoms with Gasteiger partial charge < -0.3 is 10.0 Å². The third-order valence-electron chi connectivity index (χ3n) is 4.49. The van der Waals surface area contributed by atoms with Crippen molar-refractivity contribution in [3.63, 3.8) is 0 Å². The standard InChI is InChI=1S/C17H19F4N3O2/c1-2-24(9-13-4-3-12(8-22)7-14(13)18)15(25)10-23-6-5-16(26,11-23)17(19,20)21/h3-4,7,26H,2,5-6,9-11H2,1H3/t16-/m0/s1. The Kier molecular flexibility index (Phi) is 5.88. The number of benzene rings is 1. The summed E-state index contributed by atoms with van der Waals surface area (Å²) in [5, 5.41) is 18.4. The van der Waals surface area contributed by atoms with Gasteiger partial charge in [-0.2, -0.15) is 18.4 Å². The van der Waals surface area contributed by atoms with Gasteiger partial charge in [-0.05, 0) is 25.5 Å². The molecule has 0 unspecified atom stereocenters.